The van der Waals surface area contributed by atoms with Gasteiger partial charge >= 0.3 is 0 Å². The van der Waals surface area contributed by atoms with E-state index in [1.165, 1.54) is 38.5 Å². The summed E-state index contributed by atoms with van der Waals surface area (Å²) in [5.74, 6) is 4.49. The molecule has 0 fully saturated rings. The maximum absolute atomic E-state index is 2.46. The lowest BCUT2D eigenvalue weighted by Gasteiger charge is -2.24. The fraction of sp³-hybridized carbons (Fsp3) is 1.00. The van der Waals surface area contributed by atoms with Crippen LogP contribution in [0.5, 0.6) is 0 Å². The summed E-state index contributed by atoms with van der Waals surface area (Å²) in [6.07, 6.45) is 8.42. The summed E-state index contributed by atoms with van der Waals surface area (Å²) in [5.41, 5.74) is 0. The van der Waals surface area contributed by atoms with Crippen LogP contribution in [0.1, 0.15) is 87.0 Å². The lowest BCUT2D eigenvalue weighted by Crippen LogP contribution is -2.13. The third kappa shape index (κ3) is 9.00. The molecule has 18 heavy (non-hydrogen) atoms. The Hall–Kier alpha value is 0. The molecule has 0 saturated carbocycles. The molecule has 0 spiro atoms. The number of hydrogen-bond acceptors (Lipinski definition) is 0. The molecule has 0 amide bonds. The highest BCUT2D eigenvalue weighted by Crippen LogP contribution is 2.28. The Kier molecular flexibility index (Phi) is 9.87. The Morgan fingerprint density at radius 3 is 1.67 bits per heavy atom. The molecule has 4 unspecified atom stereocenters. The summed E-state index contributed by atoms with van der Waals surface area (Å²) in [4.78, 5) is 0. The average molecular weight is 255 g/mol. The van der Waals surface area contributed by atoms with Crippen LogP contribution in [0.4, 0.5) is 0 Å². The van der Waals surface area contributed by atoms with Crippen LogP contribution in [0.3, 0.4) is 0 Å². The van der Waals surface area contributed by atoms with Gasteiger partial charge in [-0.15, -0.1) is 0 Å². The Balaban J connectivity index is 3.80. The van der Waals surface area contributed by atoms with Crippen molar-refractivity contribution in [3.8, 4) is 0 Å². The average Bonchev–Trinajstić information content (AvgIpc) is 2.32. The first-order valence-electron chi connectivity index (χ1n) is 8.36. The largest absolute Gasteiger partial charge is 0.0651 e. The van der Waals surface area contributed by atoms with Crippen molar-refractivity contribution in [3.63, 3.8) is 0 Å². The zero-order valence-corrected chi connectivity index (χ0v) is 14.1. The first kappa shape index (κ1) is 18.0. The molecule has 0 bridgehead atoms. The van der Waals surface area contributed by atoms with Crippen LogP contribution >= 0.6 is 0 Å². The fourth-order valence-electron chi connectivity index (χ4n) is 2.64. The van der Waals surface area contributed by atoms with Gasteiger partial charge in [0.15, 0.2) is 0 Å². The fourth-order valence-corrected chi connectivity index (χ4v) is 2.64. The van der Waals surface area contributed by atoms with Gasteiger partial charge in [0, 0.05) is 0 Å². The van der Waals surface area contributed by atoms with Crippen molar-refractivity contribution in [3.05, 3.63) is 0 Å². The van der Waals surface area contributed by atoms with Gasteiger partial charge in [0.1, 0.15) is 0 Å². The second-order valence-corrected chi connectivity index (χ2v) is 7.36. The van der Waals surface area contributed by atoms with Crippen molar-refractivity contribution >= 4 is 0 Å². The minimum Gasteiger partial charge on any atom is -0.0651 e. The van der Waals surface area contributed by atoms with Gasteiger partial charge in [-0.25, -0.2) is 0 Å². The molecule has 0 heterocycles. The number of rotatable bonds is 10. The molecule has 0 heteroatoms. The van der Waals surface area contributed by atoms with E-state index in [9.17, 15) is 0 Å². The zero-order valence-electron chi connectivity index (χ0n) is 14.1. The standard InChI is InChI=1S/C18H38/c1-8-15(4)10-11-16(5)13-18(7)17(6)12-9-14(2)3/h14-18H,8-13H2,1-7H3. The molecule has 0 aromatic carbocycles. The van der Waals surface area contributed by atoms with E-state index < -0.39 is 0 Å². The summed E-state index contributed by atoms with van der Waals surface area (Å²) in [6, 6.07) is 0. The van der Waals surface area contributed by atoms with E-state index in [0.29, 0.717) is 0 Å². The van der Waals surface area contributed by atoms with Crippen LogP contribution in [0, 0.1) is 29.6 Å². The van der Waals surface area contributed by atoms with E-state index in [-0.39, 0.29) is 0 Å². The minimum atomic E-state index is 0.863. The van der Waals surface area contributed by atoms with E-state index >= 15 is 0 Å². The molecule has 0 aromatic rings. The lowest BCUT2D eigenvalue weighted by atomic mass is 9.82. The highest BCUT2D eigenvalue weighted by molar-refractivity contribution is 4.67. The Morgan fingerprint density at radius 2 is 1.17 bits per heavy atom. The van der Waals surface area contributed by atoms with Gasteiger partial charge in [0.25, 0.3) is 0 Å². The molecule has 4 atom stereocenters. The molecule has 0 aliphatic carbocycles. The third-order valence-electron chi connectivity index (χ3n) is 4.79. The first-order valence-corrected chi connectivity index (χ1v) is 8.36. The first-order chi connectivity index (χ1) is 8.36. The van der Waals surface area contributed by atoms with Crippen LogP contribution < -0.4 is 0 Å². The molecule has 0 radical (unpaired) electrons. The molecular weight excluding hydrogens is 216 g/mol. The maximum atomic E-state index is 2.46. The zero-order chi connectivity index (χ0) is 14.1. The van der Waals surface area contributed by atoms with Crippen molar-refractivity contribution < 1.29 is 0 Å². The quantitative estimate of drug-likeness (QED) is 0.415. The van der Waals surface area contributed by atoms with Crippen molar-refractivity contribution in [2.75, 3.05) is 0 Å². The van der Waals surface area contributed by atoms with Crippen LogP contribution in [-0.2, 0) is 0 Å². The van der Waals surface area contributed by atoms with Crippen LogP contribution in [0.25, 0.3) is 0 Å². The maximum Gasteiger partial charge on any atom is -0.0414 e. The Bertz CT molecular complexity index is 182. The second kappa shape index (κ2) is 9.87. The van der Waals surface area contributed by atoms with Crippen LogP contribution in [0.2, 0.25) is 0 Å². The van der Waals surface area contributed by atoms with E-state index in [4.69, 9.17) is 0 Å². The van der Waals surface area contributed by atoms with Crippen molar-refractivity contribution in [1.82, 2.24) is 0 Å². The predicted octanol–water partition coefficient (Wildman–Crippen LogP) is 6.55. The van der Waals surface area contributed by atoms with Gasteiger partial charge in [-0.05, 0) is 36.0 Å². The summed E-state index contributed by atoms with van der Waals surface area (Å²) in [5, 5.41) is 0. The van der Waals surface area contributed by atoms with Gasteiger partial charge in [-0.1, -0.05) is 80.6 Å². The van der Waals surface area contributed by atoms with Gasteiger partial charge < -0.3 is 0 Å². The molecule has 110 valence electrons. The van der Waals surface area contributed by atoms with Crippen LogP contribution in [-0.4, -0.2) is 0 Å². The van der Waals surface area contributed by atoms with Crippen molar-refractivity contribution in [1.29, 1.82) is 0 Å². The number of hydrogen-bond donors (Lipinski definition) is 0. The molecule has 0 aliphatic heterocycles. The molecule has 0 N–H and O–H groups in total. The molecule has 0 aromatic heterocycles. The highest BCUT2D eigenvalue weighted by atomic mass is 14.2. The smallest absolute Gasteiger partial charge is 0.0414 e. The van der Waals surface area contributed by atoms with Crippen molar-refractivity contribution in [2.45, 2.75) is 87.0 Å². The highest BCUT2D eigenvalue weighted by Gasteiger charge is 2.16. The van der Waals surface area contributed by atoms with E-state index in [1.54, 1.807) is 0 Å². The second-order valence-electron chi connectivity index (χ2n) is 7.36. The minimum absolute atomic E-state index is 0.863. The molecule has 0 aliphatic rings. The van der Waals surface area contributed by atoms with Crippen LogP contribution in [0.15, 0.2) is 0 Å². The van der Waals surface area contributed by atoms with Crippen molar-refractivity contribution in [2.24, 2.45) is 29.6 Å². The molecule has 0 saturated heterocycles. The van der Waals surface area contributed by atoms with Gasteiger partial charge in [0.2, 0.25) is 0 Å². The molecule has 0 rings (SSSR count). The topological polar surface area (TPSA) is 0 Å². The summed E-state index contributed by atoms with van der Waals surface area (Å²) >= 11 is 0. The molecular formula is C18H38. The normalized spacial score (nSPS) is 18.7. The predicted molar refractivity (Wildman–Crippen MR) is 84.9 cm³/mol. The monoisotopic (exact) mass is 254 g/mol. The molecule has 0 nitrogen and oxygen atoms in total. The summed E-state index contributed by atoms with van der Waals surface area (Å²) in [7, 11) is 0. The summed E-state index contributed by atoms with van der Waals surface area (Å²) < 4.78 is 0. The van der Waals surface area contributed by atoms with E-state index in [2.05, 4.69) is 48.5 Å². The van der Waals surface area contributed by atoms with E-state index in [0.717, 1.165) is 29.6 Å². The third-order valence-corrected chi connectivity index (χ3v) is 4.79. The lowest BCUT2D eigenvalue weighted by molar-refractivity contribution is 0.270. The van der Waals surface area contributed by atoms with Gasteiger partial charge in [0.05, 0.1) is 0 Å². The Morgan fingerprint density at radius 1 is 0.611 bits per heavy atom. The van der Waals surface area contributed by atoms with E-state index in [1.807, 2.05) is 0 Å². The Labute approximate surface area is 117 Å². The SMILES string of the molecule is CCC(C)CCC(C)CC(C)C(C)CCC(C)C. The van der Waals surface area contributed by atoms with Gasteiger partial charge in [-0.2, -0.15) is 0 Å². The summed E-state index contributed by atoms with van der Waals surface area (Å²) in [6.45, 7) is 16.7. The van der Waals surface area contributed by atoms with Gasteiger partial charge in [-0.3, -0.25) is 0 Å².